The van der Waals surface area contributed by atoms with E-state index in [0.717, 1.165) is 62.6 Å². The molecule has 2 amide bonds. The van der Waals surface area contributed by atoms with E-state index in [2.05, 4.69) is 31.8 Å². The lowest BCUT2D eigenvalue weighted by molar-refractivity contribution is 0.0343. The molecular formula is C19H27N5O2. The van der Waals surface area contributed by atoms with E-state index in [1.807, 2.05) is 31.3 Å². The molecule has 1 aromatic heterocycles. The highest BCUT2D eigenvalue weighted by Gasteiger charge is 2.13. The molecule has 140 valence electrons. The first-order valence-corrected chi connectivity index (χ1v) is 9.14. The molecule has 0 atom stereocenters. The van der Waals surface area contributed by atoms with Gasteiger partial charge in [-0.3, -0.25) is 10.00 Å². The minimum absolute atomic E-state index is 0.164. The molecule has 1 aromatic carbocycles. The van der Waals surface area contributed by atoms with Crippen molar-refractivity contribution in [1.82, 2.24) is 20.4 Å². The first-order chi connectivity index (χ1) is 12.7. The molecule has 0 unspecified atom stereocenters. The van der Waals surface area contributed by atoms with Gasteiger partial charge in [0.25, 0.3) is 0 Å². The number of benzene rings is 1. The second-order valence-corrected chi connectivity index (χ2v) is 6.55. The molecule has 7 heteroatoms. The van der Waals surface area contributed by atoms with Crippen LogP contribution >= 0.6 is 0 Å². The van der Waals surface area contributed by atoms with E-state index in [-0.39, 0.29) is 6.03 Å². The van der Waals surface area contributed by atoms with E-state index in [4.69, 9.17) is 4.74 Å². The quantitative estimate of drug-likeness (QED) is 0.664. The molecule has 3 rings (SSSR count). The first kappa shape index (κ1) is 18.4. The van der Waals surface area contributed by atoms with Crippen molar-refractivity contribution in [3.05, 3.63) is 47.3 Å². The molecule has 1 aliphatic rings. The van der Waals surface area contributed by atoms with Crippen LogP contribution in [0.1, 0.15) is 23.2 Å². The number of aromatic nitrogens is 2. The van der Waals surface area contributed by atoms with Gasteiger partial charge in [0, 0.05) is 37.6 Å². The fourth-order valence-electron chi connectivity index (χ4n) is 3.06. The van der Waals surface area contributed by atoms with Gasteiger partial charge in [0.15, 0.2) is 0 Å². The molecule has 0 bridgehead atoms. The molecule has 1 fully saturated rings. The number of aromatic amines is 1. The molecule has 2 aromatic rings. The number of nitrogens with zero attached hydrogens (tertiary/aromatic N) is 2. The molecule has 0 spiro atoms. The third-order valence-corrected chi connectivity index (χ3v) is 4.61. The number of rotatable bonds is 7. The number of aryl methyl sites for hydroxylation is 2. The number of hydrogen-bond acceptors (Lipinski definition) is 4. The topological polar surface area (TPSA) is 82.3 Å². The Kier molecular flexibility index (Phi) is 6.62. The van der Waals surface area contributed by atoms with E-state index < -0.39 is 0 Å². The molecule has 26 heavy (non-hydrogen) atoms. The Bertz CT molecular complexity index is 709. The summed E-state index contributed by atoms with van der Waals surface area (Å²) in [5.41, 5.74) is 4.27. The number of H-pyrrole nitrogens is 1. The summed E-state index contributed by atoms with van der Waals surface area (Å²) in [6.45, 7) is 6.84. The van der Waals surface area contributed by atoms with Crippen molar-refractivity contribution < 1.29 is 9.53 Å². The Balaban J connectivity index is 1.45. The maximum atomic E-state index is 12.2. The summed E-state index contributed by atoms with van der Waals surface area (Å²) in [6.07, 6.45) is 3.62. The van der Waals surface area contributed by atoms with Crippen LogP contribution < -0.4 is 10.6 Å². The zero-order valence-corrected chi connectivity index (χ0v) is 15.3. The van der Waals surface area contributed by atoms with E-state index in [0.29, 0.717) is 6.54 Å². The summed E-state index contributed by atoms with van der Waals surface area (Å²) in [7, 11) is 0. The number of para-hydroxylation sites is 1. The highest BCUT2D eigenvalue weighted by atomic mass is 16.5. The normalized spacial score (nSPS) is 15.0. The zero-order chi connectivity index (χ0) is 18.2. The van der Waals surface area contributed by atoms with Crippen molar-refractivity contribution in [2.45, 2.75) is 26.3 Å². The Morgan fingerprint density at radius 1 is 1.27 bits per heavy atom. The van der Waals surface area contributed by atoms with Crippen molar-refractivity contribution in [2.24, 2.45) is 0 Å². The fourth-order valence-corrected chi connectivity index (χ4v) is 3.06. The maximum Gasteiger partial charge on any atom is 0.319 e. The van der Waals surface area contributed by atoms with Crippen LogP contribution in [0.4, 0.5) is 10.5 Å². The largest absolute Gasteiger partial charge is 0.379 e. The van der Waals surface area contributed by atoms with Crippen LogP contribution in [0, 0.1) is 6.92 Å². The lowest BCUT2D eigenvalue weighted by Crippen LogP contribution is -2.36. The van der Waals surface area contributed by atoms with Crippen LogP contribution in [-0.4, -0.2) is 54.0 Å². The summed E-state index contributed by atoms with van der Waals surface area (Å²) < 4.78 is 5.39. The molecular weight excluding hydrogens is 330 g/mol. The highest BCUT2D eigenvalue weighted by molar-refractivity contribution is 5.90. The number of urea groups is 1. The Morgan fingerprint density at radius 2 is 2.08 bits per heavy atom. The van der Waals surface area contributed by atoms with E-state index in [1.54, 1.807) is 0 Å². The fraction of sp³-hybridized carbons (Fsp3) is 0.474. The van der Waals surface area contributed by atoms with Crippen LogP contribution in [0.15, 0.2) is 30.5 Å². The SMILES string of the molecule is Cc1[nH]ncc1CCCNC(=O)Nc1ccccc1CN1CCOCC1. The molecule has 0 aliphatic carbocycles. The zero-order valence-electron chi connectivity index (χ0n) is 15.3. The lowest BCUT2D eigenvalue weighted by Gasteiger charge is -2.27. The Labute approximate surface area is 154 Å². The van der Waals surface area contributed by atoms with Gasteiger partial charge in [-0.05, 0) is 37.0 Å². The molecule has 0 saturated carbocycles. The summed E-state index contributed by atoms with van der Waals surface area (Å²) in [6, 6.07) is 7.80. The van der Waals surface area contributed by atoms with Crippen molar-refractivity contribution in [1.29, 1.82) is 0 Å². The standard InChI is InChI=1S/C19H27N5O2/c1-15-16(13-21-23-15)6-4-8-20-19(25)22-18-7-3-2-5-17(18)14-24-9-11-26-12-10-24/h2-3,5,7,13H,4,6,8-12,14H2,1H3,(H,21,23)(H2,20,22,25). The summed E-state index contributed by atoms with van der Waals surface area (Å²) in [5.74, 6) is 0. The molecule has 3 N–H and O–H groups in total. The van der Waals surface area contributed by atoms with Gasteiger partial charge in [0.05, 0.1) is 19.4 Å². The van der Waals surface area contributed by atoms with Crippen LogP contribution in [0.3, 0.4) is 0 Å². The monoisotopic (exact) mass is 357 g/mol. The summed E-state index contributed by atoms with van der Waals surface area (Å²) in [4.78, 5) is 14.6. The van der Waals surface area contributed by atoms with Gasteiger partial charge < -0.3 is 15.4 Å². The number of amides is 2. The minimum atomic E-state index is -0.164. The lowest BCUT2D eigenvalue weighted by atomic mass is 10.1. The number of ether oxygens (including phenoxy) is 1. The van der Waals surface area contributed by atoms with E-state index >= 15 is 0 Å². The van der Waals surface area contributed by atoms with Gasteiger partial charge in [-0.15, -0.1) is 0 Å². The summed E-state index contributed by atoms with van der Waals surface area (Å²) in [5, 5.41) is 12.8. The average molecular weight is 357 g/mol. The van der Waals surface area contributed by atoms with Crippen molar-refractivity contribution in [3.8, 4) is 0 Å². The van der Waals surface area contributed by atoms with Crippen LogP contribution in [0.5, 0.6) is 0 Å². The number of hydrogen-bond donors (Lipinski definition) is 3. The third kappa shape index (κ3) is 5.31. The smallest absolute Gasteiger partial charge is 0.319 e. The molecule has 7 nitrogen and oxygen atoms in total. The molecule has 1 saturated heterocycles. The Hall–Kier alpha value is -2.38. The van der Waals surface area contributed by atoms with Gasteiger partial charge in [-0.2, -0.15) is 5.10 Å². The van der Waals surface area contributed by atoms with Crippen LogP contribution in [-0.2, 0) is 17.7 Å². The second-order valence-electron chi connectivity index (χ2n) is 6.55. The van der Waals surface area contributed by atoms with Crippen molar-refractivity contribution in [2.75, 3.05) is 38.2 Å². The van der Waals surface area contributed by atoms with Crippen LogP contribution in [0.25, 0.3) is 0 Å². The highest BCUT2D eigenvalue weighted by Crippen LogP contribution is 2.17. The number of anilines is 1. The van der Waals surface area contributed by atoms with E-state index in [9.17, 15) is 4.79 Å². The van der Waals surface area contributed by atoms with Crippen molar-refractivity contribution >= 4 is 11.7 Å². The summed E-state index contributed by atoms with van der Waals surface area (Å²) >= 11 is 0. The number of nitrogens with one attached hydrogen (secondary N) is 3. The number of carbonyl (C=O) groups excluding carboxylic acids is 1. The van der Waals surface area contributed by atoms with Gasteiger partial charge in [-0.1, -0.05) is 18.2 Å². The van der Waals surface area contributed by atoms with E-state index in [1.165, 1.54) is 5.56 Å². The predicted molar refractivity (Wildman–Crippen MR) is 101 cm³/mol. The second kappa shape index (κ2) is 9.35. The van der Waals surface area contributed by atoms with Gasteiger partial charge >= 0.3 is 6.03 Å². The van der Waals surface area contributed by atoms with Gasteiger partial charge in [0.2, 0.25) is 0 Å². The first-order valence-electron chi connectivity index (χ1n) is 9.14. The Morgan fingerprint density at radius 3 is 2.85 bits per heavy atom. The number of carbonyl (C=O) groups is 1. The van der Waals surface area contributed by atoms with Crippen molar-refractivity contribution in [3.63, 3.8) is 0 Å². The van der Waals surface area contributed by atoms with Gasteiger partial charge in [0.1, 0.15) is 0 Å². The minimum Gasteiger partial charge on any atom is -0.379 e. The molecule has 1 aliphatic heterocycles. The van der Waals surface area contributed by atoms with Gasteiger partial charge in [-0.25, -0.2) is 4.79 Å². The molecule has 0 radical (unpaired) electrons. The maximum absolute atomic E-state index is 12.2. The number of morpholine rings is 1. The molecule has 2 heterocycles. The average Bonchev–Trinajstić information content (AvgIpc) is 3.06. The third-order valence-electron chi connectivity index (χ3n) is 4.61. The van der Waals surface area contributed by atoms with Crippen LogP contribution in [0.2, 0.25) is 0 Å². The predicted octanol–water partition coefficient (Wildman–Crippen LogP) is 2.30.